The molecule has 2 N–H and O–H groups in total. The molecule has 2 heterocycles. The van der Waals surface area contributed by atoms with E-state index >= 15 is 0 Å². The third-order valence-corrected chi connectivity index (χ3v) is 5.82. The molecule has 0 unspecified atom stereocenters. The largest absolute Gasteiger partial charge is 0.334 e. The SMILES string of the molecule is CC1CCN(Cc2ccc(CNC(=O)NCc3nncn3-c3ccccc3)cc2)CC1. The Balaban J connectivity index is 1.22. The van der Waals surface area contributed by atoms with Crippen LogP contribution < -0.4 is 10.6 Å². The Morgan fingerprint density at radius 2 is 1.65 bits per heavy atom. The number of carbonyl (C=O) groups is 1. The zero-order valence-electron chi connectivity index (χ0n) is 18.0. The Bertz CT molecular complexity index is 961. The van der Waals surface area contributed by atoms with Gasteiger partial charge in [-0.25, -0.2) is 4.79 Å². The predicted molar refractivity (Wildman–Crippen MR) is 121 cm³/mol. The van der Waals surface area contributed by atoms with Gasteiger partial charge in [-0.1, -0.05) is 49.4 Å². The Kier molecular flexibility index (Phi) is 6.94. The van der Waals surface area contributed by atoms with Crippen LogP contribution in [0.15, 0.2) is 60.9 Å². The van der Waals surface area contributed by atoms with Crippen molar-refractivity contribution in [2.45, 2.75) is 39.4 Å². The average molecular weight is 419 g/mol. The average Bonchev–Trinajstić information content (AvgIpc) is 3.28. The van der Waals surface area contributed by atoms with Crippen LogP contribution in [0.4, 0.5) is 4.79 Å². The molecule has 1 fully saturated rings. The van der Waals surface area contributed by atoms with Gasteiger partial charge in [0.05, 0.1) is 6.54 Å². The van der Waals surface area contributed by atoms with Gasteiger partial charge < -0.3 is 10.6 Å². The fourth-order valence-electron chi connectivity index (χ4n) is 3.83. The highest BCUT2D eigenvalue weighted by atomic mass is 16.2. The fourth-order valence-corrected chi connectivity index (χ4v) is 3.83. The first-order valence-corrected chi connectivity index (χ1v) is 10.9. The summed E-state index contributed by atoms with van der Waals surface area (Å²) in [5.41, 5.74) is 3.37. The van der Waals surface area contributed by atoms with Gasteiger partial charge in [-0.05, 0) is 55.1 Å². The van der Waals surface area contributed by atoms with Crippen molar-refractivity contribution in [2.24, 2.45) is 5.92 Å². The van der Waals surface area contributed by atoms with Gasteiger partial charge in [0.25, 0.3) is 0 Å². The van der Waals surface area contributed by atoms with E-state index in [1.54, 1.807) is 6.33 Å². The molecule has 0 bridgehead atoms. The standard InChI is InChI=1S/C24H30N6O/c1-19-11-13-29(14-12-19)17-21-9-7-20(8-10-21)15-25-24(31)26-16-23-28-27-18-30(23)22-5-3-2-4-6-22/h2-10,18-19H,11-17H2,1H3,(H2,25,26,31). The topological polar surface area (TPSA) is 75.1 Å². The fraction of sp³-hybridized carbons (Fsp3) is 0.375. The number of nitrogens with zero attached hydrogens (tertiary/aromatic N) is 4. The second-order valence-corrected chi connectivity index (χ2v) is 8.26. The minimum absolute atomic E-state index is 0.228. The van der Waals surface area contributed by atoms with Gasteiger partial charge >= 0.3 is 6.03 Å². The van der Waals surface area contributed by atoms with E-state index in [1.165, 1.54) is 31.5 Å². The summed E-state index contributed by atoms with van der Waals surface area (Å²) in [6.07, 6.45) is 4.23. The molecular weight excluding hydrogens is 388 g/mol. The molecule has 0 aliphatic carbocycles. The lowest BCUT2D eigenvalue weighted by molar-refractivity contribution is 0.185. The first-order valence-electron chi connectivity index (χ1n) is 10.9. The number of amides is 2. The maximum absolute atomic E-state index is 12.2. The number of nitrogens with one attached hydrogen (secondary N) is 2. The number of likely N-dealkylation sites (tertiary alicyclic amines) is 1. The third kappa shape index (κ3) is 5.92. The molecule has 1 aliphatic heterocycles. The van der Waals surface area contributed by atoms with E-state index in [0.29, 0.717) is 18.9 Å². The van der Waals surface area contributed by atoms with Gasteiger partial charge in [-0.3, -0.25) is 9.47 Å². The Morgan fingerprint density at radius 3 is 2.39 bits per heavy atom. The van der Waals surface area contributed by atoms with E-state index in [4.69, 9.17) is 0 Å². The van der Waals surface area contributed by atoms with Crippen LogP contribution in [0.3, 0.4) is 0 Å². The van der Waals surface area contributed by atoms with Crippen molar-refractivity contribution in [3.8, 4) is 5.69 Å². The van der Waals surface area contributed by atoms with Crippen molar-refractivity contribution in [3.05, 3.63) is 77.9 Å². The first kappa shape index (κ1) is 21.1. The van der Waals surface area contributed by atoms with Crippen molar-refractivity contribution < 1.29 is 4.79 Å². The highest BCUT2D eigenvalue weighted by molar-refractivity contribution is 5.73. The lowest BCUT2D eigenvalue weighted by Gasteiger charge is -2.30. The van der Waals surface area contributed by atoms with Gasteiger partial charge in [-0.15, -0.1) is 10.2 Å². The van der Waals surface area contributed by atoms with Gasteiger partial charge in [0.1, 0.15) is 6.33 Å². The van der Waals surface area contributed by atoms with Crippen LogP contribution in [0.5, 0.6) is 0 Å². The molecular formula is C24H30N6O. The summed E-state index contributed by atoms with van der Waals surface area (Å²) >= 11 is 0. The monoisotopic (exact) mass is 418 g/mol. The van der Waals surface area contributed by atoms with Gasteiger partial charge in [0, 0.05) is 18.8 Å². The van der Waals surface area contributed by atoms with Crippen molar-refractivity contribution in [1.29, 1.82) is 0 Å². The number of benzene rings is 2. The van der Waals surface area contributed by atoms with E-state index in [-0.39, 0.29) is 6.03 Å². The number of rotatable bonds is 7. The van der Waals surface area contributed by atoms with Crippen LogP contribution in [-0.4, -0.2) is 38.8 Å². The lowest BCUT2D eigenvalue weighted by Crippen LogP contribution is -2.35. The number of para-hydroxylation sites is 1. The zero-order valence-corrected chi connectivity index (χ0v) is 18.0. The number of carbonyl (C=O) groups excluding carboxylic acids is 1. The maximum atomic E-state index is 12.2. The minimum atomic E-state index is -0.228. The Labute approximate surface area is 183 Å². The van der Waals surface area contributed by atoms with Crippen LogP contribution in [0, 0.1) is 5.92 Å². The molecule has 3 aromatic rings. The molecule has 2 amide bonds. The molecule has 2 aromatic carbocycles. The Hall–Kier alpha value is -3.19. The normalized spacial score (nSPS) is 15.0. The summed E-state index contributed by atoms with van der Waals surface area (Å²) in [5.74, 6) is 1.53. The molecule has 0 spiro atoms. The van der Waals surface area contributed by atoms with E-state index in [0.717, 1.165) is 23.7 Å². The molecule has 0 atom stereocenters. The smallest absolute Gasteiger partial charge is 0.315 e. The van der Waals surface area contributed by atoms with Crippen molar-refractivity contribution in [3.63, 3.8) is 0 Å². The van der Waals surface area contributed by atoms with Gasteiger partial charge in [0.15, 0.2) is 5.82 Å². The zero-order chi connectivity index (χ0) is 21.5. The second-order valence-electron chi connectivity index (χ2n) is 8.26. The van der Waals surface area contributed by atoms with E-state index in [1.807, 2.05) is 34.9 Å². The highest BCUT2D eigenvalue weighted by Crippen LogP contribution is 2.18. The first-order chi connectivity index (χ1) is 15.2. The molecule has 0 saturated carbocycles. The summed E-state index contributed by atoms with van der Waals surface area (Å²) in [5, 5.41) is 13.8. The number of urea groups is 1. The third-order valence-electron chi connectivity index (χ3n) is 5.82. The molecule has 1 aliphatic rings. The van der Waals surface area contributed by atoms with Gasteiger partial charge in [0.2, 0.25) is 0 Å². The van der Waals surface area contributed by atoms with Crippen molar-refractivity contribution >= 4 is 6.03 Å². The summed E-state index contributed by atoms with van der Waals surface area (Å²) < 4.78 is 1.86. The number of piperidine rings is 1. The Morgan fingerprint density at radius 1 is 0.968 bits per heavy atom. The molecule has 31 heavy (non-hydrogen) atoms. The predicted octanol–water partition coefficient (Wildman–Crippen LogP) is 3.50. The summed E-state index contributed by atoms with van der Waals surface area (Å²) in [7, 11) is 0. The number of hydrogen-bond acceptors (Lipinski definition) is 4. The molecule has 162 valence electrons. The molecule has 1 saturated heterocycles. The quantitative estimate of drug-likeness (QED) is 0.616. The van der Waals surface area contributed by atoms with E-state index < -0.39 is 0 Å². The molecule has 7 heteroatoms. The minimum Gasteiger partial charge on any atom is -0.334 e. The summed E-state index contributed by atoms with van der Waals surface area (Å²) in [4.78, 5) is 14.8. The molecule has 4 rings (SSSR count). The number of aromatic nitrogens is 3. The van der Waals surface area contributed by atoms with Crippen molar-refractivity contribution in [2.75, 3.05) is 13.1 Å². The van der Waals surface area contributed by atoms with Crippen LogP contribution >= 0.6 is 0 Å². The van der Waals surface area contributed by atoms with Crippen LogP contribution in [0.2, 0.25) is 0 Å². The molecule has 1 aromatic heterocycles. The van der Waals surface area contributed by atoms with Crippen LogP contribution in [0.1, 0.15) is 36.7 Å². The van der Waals surface area contributed by atoms with Crippen molar-refractivity contribution in [1.82, 2.24) is 30.3 Å². The van der Waals surface area contributed by atoms with Crippen LogP contribution in [0.25, 0.3) is 5.69 Å². The molecule has 0 radical (unpaired) electrons. The van der Waals surface area contributed by atoms with Gasteiger partial charge in [-0.2, -0.15) is 0 Å². The summed E-state index contributed by atoms with van der Waals surface area (Å²) in [6, 6.07) is 18.1. The van der Waals surface area contributed by atoms with E-state index in [9.17, 15) is 4.79 Å². The number of hydrogen-bond donors (Lipinski definition) is 2. The second kappa shape index (κ2) is 10.2. The van der Waals surface area contributed by atoms with Crippen LogP contribution in [-0.2, 0) is 19.6 Å². The maximum Gasteiger partial charge on any atom is 0.315 e. The highest BCUT2D eigenvalue weighted by Gasteiger charge is 2.15. The molecule has 7 nitrogen and oxygen atoms in total. The lowest BCUT2D eigenvalue weighted by atomic mass is 9.99. The summed E-state index contributed by atoms with van der Waals surface area (Å²) in [6.45, 7) is 6.49. The van der Waals surface area contributed by atoms with E-state index in [2.05, 4.69) is 56.9 Å².